The highest BCUT2D eigenvalue weighted by Crippen LogP contribution is 2.41. The fourth-order valence-electron chi connectivity index (χ4n) is 4.36. The van der Waals surface area contributed by atoms with Crippen LogP contribution in [0.2, 0.25) is 0 Å². The molecule has 29 heavy (non-hydrogen) atoms. The number of imide groups is 1. The van der Waals surface area contributed by atoms with Crippen molar-refractivity contribution in [3.8, 4) is 0 Å². The minimum atomic E-state index is -1.03. The summed E-state index contributed by atoms with van der Waals surface area (Å²) in [4.78, 5) is 41.2. The third-order valence-electron chi connectivity index (χ3n) is 6.05. The van der Waals surface area contributed by atoms with E-state index >= 15 is 0 Å². The van der Waals surface area contributed by atoms with Gasteiger partial charge in [0.1, 0.15) is 12.1 Å². The summed E-state index contributed by atoms with van der Waals surface area (Å²) < 4.78 is 0. The van der Waals surface area contributed by atoms with Crippen molar-refractivity contribution in [1.82, 2.24) is 15.1 Å². The number of carbonyl (C=O) groups is 3. The van der Waals surface area contributed by atoms with Gasteiger partial charge >= 0.3 is 6.03 Å². The first-order valence-electron chi connectivity index (χ1n) is 9.84. The fourth-order valence-corrected chi connectivity index (χ4v) is 4.36. The summed E-state index contributed by atoms with van der Waals surface area (Å²) in [6.07, 6.45) is 1.26. The molecule has 150 valence electrons. The summed E-state index contributed by atoms with van der Waals surface area (Å²) in [5, 5.41) is 2.86. The number of likely N-dealkylation sites (N-methyl/N-ethyl adjacent to an activating group) is 1. The fraction of sp³-hybridized carbons (Fsp3) is 0.348. The summed E-state index contributed by atoms with van der Waals surface area (Å²) in [6, 6.07) is 13.3. The van der Waals surface area contributed by atoms with Crippen LogP contribution in [0, 0.1) is 13.8 Å². The predicted octanol–water partition coefficient (Wildman–Crippen LogP) is 2.66. The van der Waals surface area contributed by atoms with Crippen molar-refractivity contribution in [2.45, 2.75) is 38.8 Å². The molecule has 2 aromatic carbocycles. The van der Waals surface area contributed by atoms with Gasteiger partial charge in [-0.1, -0.05) is 48.0 Å². The Bertz CT molecular complexity index is 1020. The average Bonchev–Trinajstić information content (AvgIpc) is 3.17. The van der Waals surface area contributed by atoms with E-state index in [1.807, 2.05) is 50.2 Å². The number of carbonyl (C=O) groups excluding carboxylic acids is 3. The van der Waals surface area contributed by atoms with Gasteiger partial charge in [0.15, 0.2) is 0 Å². The lowest BCUT2D eigenvalue weighted by Gasteiger charge is -2.23. The molecule has 1 heterocycles. The molecule has 6 nitrogen and oxygen atoms in total. The van der Waals surface area contributed by atoms with Gasteiger partial charge in [0, 0.05) is 13.6 Å². The van der Waals surface area contributed by atoms with Crippen LogP contribution >= 0.6 is 0 Å². The topological polar surface area (TPSA) is 69.7 Å². The Kier molecular flexibility index (Phi) is 4.65. The number of rotatable bonds is 4. The summed E-state index contributed by atoms with van der Waals surface area (Å²) in [5.41, 5.74) is 4.21. The normalized spacial score (nSPS) is 20.2. The zero-order chi connectivity index (χ0) is 20.8. The number of urea groups is 1. The van der Waals surface area contributed by atoms with E-state index in [0.717, 1.165) is 33.6 Å². The molecule has 6 heteroatoms. The predicted molar refractivity (Wildman–Crippen MR) is 109 cm³/mol. The molecule has 0 radical (unpaired) electrons. The quantitative estimate of drug-likeness (QED) is 0.815. The number of benzene rings is 2. The third kappa shape index (κ3) is 3.18. The summed E-state index contributed by atoms with van der Waals surface area (Å²) >= 11 is 0. The largest absolute Gasteiger partial charge is 0.340 e. The van der Waals surface area contributed by atoms with E-state index in [1.54, 1.807) is 11.9 Å². The Morgan fingerprint density at radius 3 is 2.69 bits per heavy atom. The number of nitrogens with zero attached hydrogens (tertiary/aromatic N) is 2. The minimum Gasteiger partial charge on any atom is -0.340 e. The highest BCUT2D eigenvalue weighted by molar-refractivity contribution is 6.09. The second-order valence-corrected chi connectivity index (χ2v) is 8.06. The van der Waals surface area contributed by atoms with E-state index in [9.17, 15) is 14.4 Å². The second kappa shape index (κ2) is 7.03. The van der Waals surface area contributed by atoms with E-state index in [4.69, 9.17) is 0 Å². The molecular formula is C23H25N3O3. The van der Waals surface area contributed by atoms with Gasteiger partial charge in [0.2, 0.25) is 5.91 Å². The van der Waals surface area contributed by atoms with Crippen molar-refractivity contribution >= 4 is 17.8 Å². The molecule has 1 fully saturated rings. The lowest BCUT2D eigenvalue weighted by Crippen LogP contribution is -2.44. The van der Waals surface area contributed by atoms with Crippen LogP contribution < -0.4 is 5.32 Å². The Balaban J connectivity index is 1.49. The lowest BCUT2D eigenvalue weighted by atomic mass is 9.92. The van der Waals surface area contributed by atoms with E-state index in [0.29, 0.717) is 13.0 Å². The van der Waals surface area contributed by atoms with Crippen molar-refractivity contribution in [2.24, 2.45) is 0 Å². The van der Waals surface area contributed by atoms with Crippen LogP contribution in [0.25, 0.3) is 0 Å². The van der Waals surface area contributed by atoms with Gasteiger partial charge in [-0.2, -0.15) is 0 Å². The van der Waals surface area contributed by atoms with Crippen LogP contribution in [-0.4, -0.2) is 41.2 Å². The maximum Gasteiger partial charge on any atom is 0.325 e. The van der Waals surface area contributed by atoms with E-state index in [-0.39, 0.29) is 18.4 Å². The summed E-state index contributed by atoms with van der Waals surface area (Å²) in [6.45, 7) is 4.22. The molecule has 0 bridgehead atoms. The molecule has 0 saturated carbocycles. The Labute approximate surface area is 170 Å². The maximum absolute atomic E-state index is 13.2. The van der Waals surface area contributed by atoms with Crippen molar-refractivity contribution in [2.75, 3.05) is 13.6 Å². The molecule has 2 aromatic rings. The number of fused-ring (bicyclic) bond motifs is 2. The van der Waals surface area contributed by atoms with Gasteiger partial charge in [-0.05, 0) is 48.9 Å². The molecule has 1 atom stereocenters. The van der Waals surface area contributed by atoms with E-state index in [2.05, 4.69) is 11.4 Å². The van der Waals surface area contributed by atoms with Crippen LogP contribution in [-0.2, 0) is 28.1 Å². The zero-order valence-corrected chi connectivity index (χ0v) is 17.0. The zero-order valence-electron chi connectivity index (χ0n) is 17.0. The molecule has 0 unspecified atom stereocenters. The number of aryl methyl sites for hydroxylation is 3. The average molecular weight is 391 g/mol. The van der Waals surface area contributed by atoms with Crippen molar-refractivity contribution in [3.05, 3.63) is 70.3 Å². The molecule has 1 aliphatic heterocycles. The van der Waals surface area contributed by atoms with Crippen molar-refractivity contribution in [1.29, 1.82) is 0 Å². The van der Waals surface area contributed by atoms with E-state index in [1.165, 1.54) is 5.56 Å². The molecule has 2 aliphatic rings. The molecule has 1 saturated heterocycles. The van der Waals surface area contributed by atoms with Crippen LogP contribution in [0.1, 0.15) is 34.2 Å². The van der Waals surface area contributed by atoms with Gasteiger partial charge in [-0.25, -0.2) is 4.79 Å². The SMILES string of the molecule is Cc1ccc(CN(C)C(=O)CN2C(=O)N[C@]3(CCc4ccccc43)C2=O)c(C)c1. The van der Waals surface area contributed by atoms with Gasteiger partial charge in [-0.3, -0.25) is 14.5 Å². The first-order chi connectivity index (χ1) is 13.8. The number of hydrogen-bond donors (Lipinski definition) is 1. The second-order valence-electron chi connectivity index (χ2n) is 8.06. The van der Waals surface area contributed by atoms with Crippen LogP contribution in [0.15, 0.2) is 42.5 Å². The number of hydrogen-bond acceptors (Lipinski definition) is 3. The van der Waals surface area contributed by atoms with Gasteiger partial charge in [0.25, 0.3) is 5.91 Å². The Morgan fingerprint density at radius 1 is 1.17 bits per heavy atom. The smallest absolute Gasteiger partial charge is 0.325 e. The van der Waals surface area contributed by atoms with Crippen molar-refractivity contribution in [3.63, 3.8) is 0 Å². The van der Waals surface area contributed by atoms with E-state index < -0.39 is 11.6 Å². The molecule has 1 spiro atoms. The monoisotopic (exact) mass is 391 g/mol. The molecule has 4 rings (SSSR count). The molecule has 4 amide bonds. The first-order valence-corrected chi connectivity index (χ1v) is 9.84. The maximum atomic E-state index is 13.2. The lowest BCUT2D eigenvalue weighted by molar-refractivity contribution is -0.138. The molecule has 1 aliphatic carbocycles. The molecular weight excluding hydrogens is 366 g/mol. The Hall–Kier alpha value is -3.15. The highest BCUT2D eigenvalue weighted by Gasteiger charge is 2.55. The molecule has 0 aromatic heterocycles. The van der Waals surface area contributed by atoms with Gasteiger partial charge in [0.05, 0.1) is 0 Å². The standard InChI is InChI=1S/C23H25N3O3/c1-15-8-9-18(16(2)12-15)13-25(3)20(27)14-26-21(28)23(24-22(26)29)11-10-17-6-4-5-7-19(17)23/h4-9,12H,10-11,13-14H2,1-3H3,(H,24,29)/t23-/m0/s1. The first kappa shape index (κ1) is 19.2. The minimum absolute atomic E-state index is 0.254. The summed E-state index contributed by atoms with van der Waals surface area (Å²) in [5.74, 6) is -0.600. The summed E-state index contributed by atoms with van der Waals surface area (Å²) in [7, 11) is 1.70. The van der Waals surface area contributed by atoms with Crippen LogP contribution in [0.3, 0.4) is 0 Å². The van der Waals surface area contributed by atoms with Crippen LogP contribution in [0.5, 0.6) is 0 Å². The van der Waals surface area contributed by atoms with Gasteiger partial charge in [-0.15, -0.1) is 0 Å². The Morgan fingerprint density at radius 2 is 1.93 bits per heavy atom. The highest BCUT2D eigenvalue weighted by atomic mass is 16.2. The van der Waals surface area contributed by atoms with Crippen LogP contribution in [0.4, 0.5) is 4.79 Å². The molecule has 1 N–H and O–H groups in total. The van der Waals surface area contributed by atoms with Gasteiger partial charge < -0.3 is 10.2 Å². The number of nitrogens with one attached hydrogen (secondary N) is 1. The van der Waals surface area contributed by atoms with Crippen molar-refractivity contribution < 1.29 is 14.4 Å². The third-order valence-corrected chi connectivity index (χ3v) is 6.05. The number of amides is 4.